The van der Waals surface area contributed by atoms with E-state index >= 15 is 0 Å². The average Bonchev–Trinajstić information content (AvgIpc) is 2.63. The molecule has 0 bridgehead atoms. The zero-order valence-corrected chi connectivity index (χ0v) is 14.4. The van der Waals surface area contributed by atoms with Gasteiger partial charge >= 0.3 is 0 Å². The fourth-order valence-corrected chi connectivity index (χ4v) is 2.11. The van der Waals surface area contributed by atoms with Crippen LogP contribution in [0.25, 0.3) is 0 Å². The molecule has 6 heteroatoms. The first kappa shape index (κ1) is 18.3. The quantitative estimate of drug-likeness (QED) is 0.790. The first-order valence-corrected chi connectivity index (χ1v) is 7.78. The van der Waals surface area contributed by atoms with E-state index in [0.717, 1.165) is 0 Å². The maximum absolute atomic E-state index is 13.5. The van der Waals surface area contributed by atoms with Crippen molar-refractivity contribution in [2.45, 2.75) is 25.8 Å². The molecule has 0 fully saturated rings. The predicted octanol–water partition coefficient (Wildman–Crippen LogP) is 3.50. The maximum atomic E-state index is 13.5. The van der Waals surface area contributed by atoms with Crippen molar-refractivity contribution in [2.24, 2.45) is 0 Å². The summed E-state index contributed by atoms with van der Waals surface area (Å²) in [5.74, 6) is 2.21. The monoisotopic (exact) mass is 341 g/mol. The van der Waals surface area contributed by atoms with Gasteiger partial charge in [0.2, 0.25) is 0 Å². The van der Waals surface area contributed by atoms with Crippen molar-refractivity contribution in [3.63, 3.8) is 0 Å². The molecular weight excluding hydrogens is 321 g/mol. The molecule has 0 aliphatic heterocycles. The van der Waals surface area contributed by atoms with Crippen LogP contribution in [0.4, 0.5) is 15.9 Å². The number of anilines is 2. The number of aromatic nitrogens is 1. The molecule has 1 aromatic carbocycles. The van der Waals surface area contributed by atoms with Crippen molar-refractivity contribution in [1.82, 2.24) is 10.3 Å². The Balaban J connectivity index is 2.29. The molecule has 2 rings (SSSR count). The molecule has 5 nitrogen and oxygen atoms in total. The van der Waals surface area contributed by atoms with E-state index in [1.807, 2.05) is 6.92 Å². The molecule has 130 valence electrons. The number of halogens is 1. The first-order valence-electron chi connectivity index (χ1n) is 7.78. The van der Waals surface area contributed by atoms with Crippen molar-refractivity contribution >= 4 is 17.4 Å². The summed E-state index contributed by atoms with van der Waals surface area (Å²) in [6.45, 7) is 3.67. The molecule has 1 aromatic heterocycles. The van der Waals surface area contributed by atoms with Gasteiger partial charge in [0.1, 0.15) is 5.82 Å². The van der Waals surface area contributed by atoms with E-state index in [9.17, 15) is 9.18 Å². The lowest BCUT2D eigenvalue weighted by atomic mass is 9.99. The topological polar surface area (TPSA) is 63.2 Å². The molecule has 2 aromatic rings. The van der Waals surface area contributed by atoms with E-state index < -0.39 is 11.4 Å². The Kier molecular flexibility index (Phi) is 5.60. The molecule has 0 aliphatic carbocycles. The highest BCUT2D eigenvalue weighted by Gasteiger charge is 2.23. The summed E-state index contributed by atoms with van der Waals surface area (Å²) >= 11 is 0. The van der Waals surface area contributed by atoms with Gasteiger partial charge in [-0.15, -0.1) is 6.42 Å². The Hall–Kier alpha value is -3.07. The fourth-order valence-electron chi connectivity index (χ4n) is 2.11. The number of ether oxygens (including phenoxy) is 1. The van der Waals surface area contributed by atoms with Gasteiger partial charge in [0.15, 0.2) is 11.6 Å². The third kappa shape index (κ3) is 4.27. The molecule has 2 N–H and O–H groups in total. The number of terminal acetylenes is 1. The van der Waals surface area contributed by atoms with Gasteiger partial charge in [-0.25, -0.2) is 9.37 Å². The average molecular weight is 341 g/mol. The Morgan fingerprint density at radius 1 is 1.44 bits per heavy atom. The molecule has 0 radical (unpaired) electrons. The smallest absolute Gasteiger partial charge is 0.256 e. The SMILES string of the molecule is C#CC(C)(CC)NC(=O)c1cccnc1Nc1ccc(F)c(OC)c1. The first-order chi connectivity index (χ1) is 11.9. The zero-order valence-electron chi connectivity index (χ0n) is 14.4. The fraction of sp³-hybridized carbons (Fsp3) is 0.263. The molecule has 1 atom stereocenters. The van der Waals surface area contributed by atoms with Gasteiger partial charge in [-0.05, 0) is 37.6 Å². The van der Waals surface area contributed by atoms with Crippen LogP contribution in [-0.2, 0) is 0 Å². The molecule has 0 saturated carbocycles. The lowest BCUT2D eigenvalue weighted by Crippen LogP contribution is -2.44. The minimum atomic E-state index is -0.747. The van der Waals surface area contributed by atoms with Crippen molar-refractivity contribution in [1.29, 1.82) is 0 Å². The van der Waals surface area contributed by atoms with Gasteiger partial charge in [-0.1, -0.05) is 12.8 Å². The maximum Gasteiger partial charge on any atom is 0.256 e. The number of benzene rings is 1. The van der Waals surface area contributed by atoms with Crippen molar-refractivity contribution in [3.8, 4) is 18.1 Å². The van der Waals surface area contributed by atoms with Crippen LogP contribution in [0.5, 0.6) is 5.75 Å². The van der Waals surface area contributed by atoms with Gasteiger partial charge in [-0.3, -0.25) is 4.79 Å². The van der Waals surface area contributed by atoms with Crippen molar-refractivity contribution < 1.29 is 13.9 Å². The summed E-state index contributed by atoms with van der Waals surface area (Å²) in [5.41, 5.74) is 0.130. The van der Waals surface area contributed by atoms with Crippen LogP contribution in [0.3, 0.4) is 0 Å². The lowest BCUT2D eigenvalue weighted by Gasteiger charge is -2.24. The minimum absolute atomic E-state index is 0.0952. The number of pyridine rings is 1. The molecular formula is C19H20FN3O2. The van der Waals surface area contributed by atoms with Gasteiger partial charge in [0.05, 0.1) is 18.2 Å². The Bertz CT molecular complexity index is 817. The Labute approximate surface area is 146 Å². The largest absolute Gasteiger partial charge is 0.494 e. The molecule has 0 saturated heterocycles. The van der Waals surface area contributed by atoms with Gasteiger partial charge < -0.3 is 15.4 Å². The summed E-state index contributed by atoms with van der Waals surface area (Å²) in [6.07, 6.45) is 7.65. The van der Waals surface area contributed by atoms with Gasteiger partial charge in [0, 0.05) is 18.0 Å². The summed E-state index contributed by atoms with van der Waals surface area (Å²) in [4.78, 5) is 16.8. The van der Waals surface area contributed by atoms with E-state index in [-0.39, 0.29) is 11.7 Å². The van der Waals surface area contributed by atoms with E-state index in [4.69, 9.17) is 11.2 Å². The summed E-state index contributed by atoms with van der Waals surface area (Å²) in [5, 5.41) is 5.83. The van der Waals surface area contributed by atoms with E-state index in [2.05, 4.69) is 21.5 Å². The summed E-state index contributed by atoms with van der Waals surface area (Å²) in [7, 11) is 1.38. The lowest BCUT2D eigenvalue weighted by molar-refractivity contribution is 0.0924. The number of rotatable bonds is 6. The molecule has 1 amide bonds. The number of nitrogens with zero attached hydrogens (tertiary/aromatic N) is 1. The number of carbonyl (C=O) groups is 1. The third-order valence-corrected chi connectivity index (χ3v) is 3.88. The van der Waals surface area contributed by atoms with Crippen LogP contribution in [0.15, 0.2) is 36.5 Å². The second kappa shape index (κ2) is 7.67. The zero-order chi connectivity index (χ0) is 18.4. The van der Waals surface area contributed by atoms with Crippen LogP contribution in [-0.4, -0.2) is 23.5 Å². The number of nitrogens with one attached hydrogen (secondary N) is 2. The molecule has 0 spiro atoms. The van der Waals surface area contributed by atoms with Crippen LogP contribution >= 0.6 is 0 Å². The van der Waals surface area contributed by atoms with Crippen molar-refractivity contribution in [3.05, 3.63) is 47.9 Å². The normalized spacial score (nSPS) is 12.6. The third-order valence-electron chi connectivity index (χ3n) is 3.88. The predicted molar refractivity (Wildman–Crippen MR) is 95.5 cm³/mol. The number of methoxy groups -OCH3 is 1. The highest BCUT2D eigenvalue weighted by Crippen LogP contribution is 2.25. The second-order valence-corrected chi connectivity index (χ2v) is 5.66. The highest BCUT2D eigenvalue weighted by atomic mass is 19.1. The van der Waals surface area contributed by atoms with Crippen LogP contribution < -0.4 is 15.4 Å². The number of amides is 1. The number of carbonyl (C=O) groups excluding carboxylic acids is 1. The van der Waals surface area contributed by atoms with E-state index in [1.165, 1.54) is 25.3 Å². The van der Waals surface area contributed by atoms with Gasteiger partial charge in [0.25, 0.3) is 5.91 Å². The summed E-state index contributed by atoms with van der Waals surface area (Å²) in [6, 6.07) is 7.59. The minimum Gasteiger partial charge on any atom is -0.494 e. The number of hydrogen-bond donors (Lipinski definition) is 2. The highest BCUT2D eigenvalue weighted by molar-refractivity contribution is 6.00. The van der Waals surface area contributed by atoms with Crippen LogP contribution in [0, 0.1) is 18.2 Å². The molecule has 25 heavy (non-hydrogen) atoms. The standard InChI is InChI=1S/C19H20FN3O2/c1-5-19(3,6-2)23-18(24)14-8-7-11-21-17(14)22-13-9-10-15(20)16(12-13)25-4/h1,7-12H,6H2,2-4H3,(H,21,22)(H,23,24). The molecule has 1 heterocycles. The van der Waals surface area contributed by atoms with E-state index in [1.54, 1.807) is 25.3 Å². The Morgan fingerprint density at radius 2 is 2.20 bits per heavy atom. The molecule has 0 aliphatic rings. The van der Waals surface area contributed by atoms with Crippen molar-refractivity contribution in [2.75, 3.05) is 12.4 Å². The molecule has 1 unspecified atom stereocenters. The Morgan fingerprint density at radius 3 is 2.84 bits per heavy atom. The number of hydrogen-bond acceptors (Lipinski definition) is 4. The van der Waals surface area contributed by atoms with Crippen LogP contribution in [0.1, 0.15) is 30.6 Å². The van der Waals surface area contributed by atoms with Crippen LogP contribution in [0.2, 0.25) is 0 Å². The van der Waals surface area contributed by atoms with E-state index in [0.29, 0.717) is 23.5 Å². The second-order valence-electron chi connectivity index (χ2n) is 5.66. The summed E-state index contributed by atoms with van der Waals surface area (Å²) < 4.78 is 18.5. The van der Waals surface area contributed by atoms with Gasteiger partial charge in [-0.2, -0.15) is 0 Å².